The number of amides is 1. The molecule has 3 rings (SSSR count). The second-order valence-corrected chi connectivity index (χ2v) is 7.95. The lowest BCUT2D eigenvalue weighted by Crippen LogP contribution is -2.58. The molecule has 2 fully saturated rings. The Balaban J connectivity index is 1.81. The number of benzene rings is 1. The Morgan fingerprint density at radius 1 is 1.09 bits per heavy atom. The molecule has 0 aliphatic carbocycles. The van der Waals surface area contributed by atoms with Gasteiger partial charge in [0.2, 0.25) is 10.0 Å². The summed E-state index contributed by atoms with van der Waals surface area (Å²) in [5, 5.41) is 0. The lowest BCUT2D eigenvalue weighted by molar-refractivity contribution is -0.0945. The van der Waals surface area contributed by atoms with Gasteiger partial charge in [0, 0.05) is 18.7 Å². The summed E-state index contributed by atoms with van der Waals surface area (Å²) in [6.07, 6.45) is 2.96. The minimum Gasteiger partial charge on any atom is -0.339 e. The van der Waals surface area contributed by atoms with Gasteiger partial charge in [0.05, 0.1) is 18.0 Å². The Kier molecular flexibility index (Phi) is 4.14. The fraction of sp³-hybridized carbons (Fsp3) is 0.533. The SMILES string of the molecule is O=C(c1cccc(S(=O)(=O)N2CC(F)(F)C2)c1)N1CCCCC1. The third kappa shape index (κ3) is 3.23. The molecule has 1 aromatic rings. The van der Waals surface area contributed by atoms with Crippen molar-refractivity contribution in [1.29, 1.82) is 0 Å². The highest BCUT2D eigenvalue weighted by Gasteiger charge is 2.49. The van der Waals surface area contributed by atoms with Crippen LogP contribution in [0, 0.1) is 0 Å². The molecule has 2 aliphatic rings. The highest BCUT2D eigenvalue weighted by atomic mass is 32.2. The molecule has 2 aliphatic heterocycles. The lowest BCUT2D eigenvalue weighted by Gasteiger charge is -2.37. The maximum Gasteiger partial charge on any atom is 0.275 e. The number of sulfonamides is 1. The van der Waals surface area contributed by atoms with Crippen molar-refractivity contribution >= 4 is 15.9 Å². The minimum atomic E-state index is -3.98. The molecule has 0 radical (unpaired) electrons. The maximum absolute atomic E-state index is 12.9. The van der Waals surface area contributed by atoms with Crippen molar-refractivity contribution in [3.05, 3.63) is 29.8 Å². The topological polar surface area (TPSA) is 57.7 Å². The van der Waals surface area contributed by atoms with E-state index in [9.17, 15) is 22.0 Å². The van der Waals surface area contributed by atoms with E-state index in [1.54, 1.807) is 11.0 Å². The van der Waals surface area contributed by atoms with Gasteiger partial charge in [-0.2, -0.15) is 4.31 Å². The van der Waals surface area contributed by atoms with E-state index >= 15 is 0 Å². The van der Waals surface area contributed by atoms with Crippen LogP contribution in [0.5, 0.6) is 0 Å². The van der Waals surface area contributed by atoms with E-state index in [1.807, 2.05) is 0 Å². The van der Waals surface area contributed by atoms with E-state index in [0.29, 0.717) is 13.1 Å². The largest absolute Gasteiger partial charge is 0.339 e. The first-order valence-electron chi connectivity index (χ1n) is 7.57. The first-order valence-corrected chi connectivity index (χ1v) is 9.01. The summed E-state index contributed by atoms with van der Waals surface area (Å²) in [5.74, 6) is -3.18. The number of nitrogens with zero attached hydrogens (tertiary/aromatic N) is 2. The van der Waals surface area contributed by atoms with Crippen molar-refractivity contribution < 1.29 is 22.0 Å². The molecule has 1 amide bonds. The van der Waals surface area contributed by atoms with Crippen LogP contribution in [0.1, 0.15) is 29.6 Å². The number of piperidine rings is 1. The third-order valence-electron chi connectivity index (χ3n) is 4.18. The van der Waals surface area contributed by atoms with Crippen LogP contribution >= 0.6 is 0 Å². The zero-order valence-corrected chi connectivity index (χ0v) is 13.4. The third-order valence-corrected chi connectivity index (χ3v) is 5.97. The van der Waals surface area contributed by atoms with Crippen LogP contribution in [0.2, 0.25) is 0 Å². The predicted molar refractivity (Wildman–Crippen MR) is 79.9 cm³/mol. The normalized spacial score (nSPS) is 21.7. The van der Waals surface area contributed by atoms with Crippen LogP contribution < -0.4 is 0 Å². The standard InChI is InChI=1S/C15H18F2N2O3S/c16-15(17)10-19(11-15)23(21,22)13-6-4-5-12(9-13)14(20)18-7-2-1-3-8-18/h4-6,9H,1-3,7-8,10-11H2. The molecule has 0 bridgehead atoms. The molecule has 126 valence electrons. The van der Waals surface area contributed by atoms with Crippen LogP contribution in [-0.2, 0) is 10.0 Å². The van der Waals surface area contributed by atoms with Crippen molar-refractivity contribution in [2.24, 2.45) is 0 Å². The minimum absolute atomic E-state index is 0.115. The van der Waals surface area contributed by atoms with E-state index < -0.39 is 29.0 Å². The molecule has 23 heavy (non-hydrogen) atoms. The van der Waals surface area contributed by atoms with Crippen molar-refractivity contribution in [3.8, 4) is 0 Å². The summed E-state index contributed by atoms with van der Waals surface area (Å²) >= 11 is 0. The average Bonchev–Trinajstić information content (AvgIpc) is 2.53. The molecule has 0 unspecified atom stereocenters. The van der Waals surface area contributed by atoms with Gasteiger partial charge >= 0.3 is 0 Å². The first kappa shape index (κ1) is 16.3. The van der Waals surface area contributed by atoms with E-state index in [-0.39, 0.29) is 16.4 Å². The van der Waals surface area contributed by atoms with Gasteiger partial charge in [-0.3, -0.25) is 4.79 Å². The smallest absolute Gasteiger partial charge is 0.275 e. The van der Waals surface area contributed by atoms with Crippen molar-refractivity contribution in [3.63, 3.8) is 0 Å². The molecule has 0 aromatic heterocycles. The van der Waals surface area contributed by atoms with Crippen LogP contribution in [-0.4, -0.2) is 55.6 Å². The van der Waals surface area contributed by atoms with Gasteiger partial charge in [0.1, 0.15) is 0 Å². The number of rotatable bonds is 3. The molecule has 5 nitrogen and oxygen atoms in total. The number of carbonyl (C=O) groups is 1. The van der Waals surface area contributed by atoms with E-state index in [2.05, 4.69) is 0 Å². The highest BCUT2D eigenvalue weighted by molar-refractivity contribution is 7.89. The fourth-order valence-electron chi connectivity index (χ4n) is 2.86. The van der Waals surface area contributed by atoms with Gasteiger partial charge in [-0.05, 0) is 37.5 Å². The Bertz CT molecular complexity index is 707. The van der Waals surface area contributed by atoms with Crippen LogP contribution in [0.3, 0.4) is 0 Å². The zero-order chi connectivity index (χ0) is 16.7. The van der Waals surface area contributed by atoms with Crippen LogP contribution in [0.15, 0.2) is 29.2 Å². The molecule has 2 saturated heterocycles. The Labute approximate surface area is 133 Å². The number of hydrogen-bond acceptors (Lipinski definition) is 3. The number of alkyl halides is 2. The molecular formula is C15H18F2N2O3S. The molecule has 0 saturated carbocycles. The van der Waals surface area contributed by atoms with Crippen LogP contribution in [0.25, 0.3) is 0 Å². The zero-order valence-electron chi connectivity index (χ0n) is 12.5. The van der Waals surface area contributed by atoms with Crippen molar-refractivity contribution in [2.45, 2.75) is 30.1 Å². The second-order valence-electron chi connectivity index (χ2n) is 6.01. The number of hydrogen-bond donors (Lipinski definition) is 0. The molecule has 0 atom stereocenters. The second kappa shape index (κ2) is 5.83. The monoisotopic (exact) mass is 344 g/mol. The molecule has 0 spiro atoms. The number of carbonyl (C=O) groups excluding carboxylic acids is 1. The van der Waals surface area contributed by atoms with Gasteiger partial charge in [0.25, 0.3) is 11.8 Å². The molecule has 2 heterocycles. The molecule has 8 heteroatoms. The molecule has 0 N–H and O–H groups in total. The summed E-state index contributed by atoms with van der Waals surface area (Å²) in [7, 11) is -3.98. The summed E-state index contributed by atoms with van der Waals surface area (Å²) < 4.78 is 51.2. The highest BCUT2D eigenvalue weighted by Crippen LogP contribution is 2.32. The Hall–Kier alpha value is -1.54. The molecule has 1 aromatic carbocycles. The number of halogens is 2. The summed E-state index contributed by atoms with van der Waals surface area (Å²) in [5.41, 5.74) is 0.278. The van der Waals surface area contributed by atoms with Gasteiger partial charge in [-0.25, -0.2) is 17.2 Å². The van der Waals surface area contributed by atoms with E-state index in [0.717, 1.165) is 23.6 Å². The van der Waals surface area contributed by atoms with Gasteiger partial charge in [-0.15, -0.1) is 0 Å². The summed E-state index contributed by atoms with van der Waals surface area (Å²) in [4.78, 5) is 14.0. The van der Waals surface area contributed by atoms with Crippen LogP contribution in [0.4, 0.5) is 8.78 Å². The van der Waals surface area contributed by atoms with Crippen molar-refractivity contribution in [1.82, 2.24) is 9.21 Å². The first-order chi connectivity index (χ1) is 10.8. The van der Waals surface area contributed by atoms with Gasteiger partial charge in [0.15, 0.2) is 0 Å². The van der Waals surface area contributed by atoms with E-state index in [1.165, 1.54) is 18.2 Å². The maximum atomic E-state index is 12.9. The summed E-state index contributed by atoms with van der Waals surface area (Å²) in [6, 6.07) is 5.64. The number of likely N-dealkylation sites (tertiary alicyclic amines) is 1. The Morgan fingerprint density at radius 3 is 2.35 bits per heavy atom. The lowest BCUT2D eigenvalue weighted by atomic mass is 10.1. The van der Waals surface area contributed by atoms with E-state index in [4.69, 9.17) is 0 Å². The summed E-state index contributed by atoms with van der Waals surface area (Å²) in [6.45, 7) is -0.290. The Morgan fingerprint density at radius 2 is 1.74 bits per heavy atom. The molecular weight excluding hydrogens is 326 g/mol. The van der Waals surface area contributed by atoms with Gasteiger partial charge in [-0.1, -0.05) is 6.07 Å². The predicted octanol–water partition coefficient (Wildman–Crippen LogP) is 1.95. The van der Waals surface area contributed by atoms with Gasteiger partial charge < -0.3 is 4.90 Å². The average molecular weight is 344 g/mol. The van der Waals surface area contributed by atoms with Crippen molar-refractivity contribution in [2.75, 3.05) is 26.2 Å². The fourth-order valence-corrected chi connectivity index (χ4v) is 4.40. The quantitative estimate of drug-likeness (QED) is 0.842.